The third kappa shape index (κ3) is 12.2. The van der Waals surface area contributed by atoms with Gasteiger partial charge in [-0.1, -0.05) is 137 Å². The van der Waals surface area contributed by atoms with Crippen molar-refractivity contribution < 1.29 is 29.2 Å². The van der Waals surface area contributed by atoms with E-state index in [2.05, 4.69) is 26.8 Å². The number of hydrogen-bond donors (Lipinski definition) is 4. The van der Waals surface area contributed by atoms with Crippen LogP contribution in [0.1, 0.15) is 55.6 Å². The SMILES string of the molecule is Cc1ccc(Cn2c(O)c(N=O)c3cc(C)ccc32)cc1.Cc1ccc2c(c1)c(N=O)c(O)n2Cc1cccc(F)c1.Cc1ccc2c(c1)c(N=O)c(O)n2Cc1ccccc1F.Cc1cccc(Cn2c(O)c(N=O)c3cc(C)ccc32)c1. The molecule has 0 radical (unpaired) electrons. The largest absolute Gasteiger partial charge is 0.493 e. The fourth-order valence-electron chi connectivity index (χ4n) is 10.2. The zero-order valence-electron chi connectivity index (χ0n) is 46.7. The highest BCUT2D eigenvalue weighted by Crippen LogP contribution is 2.43. The number of aryl methyl sites for hydroxylation is 6. The maximum Gasteiger partial charge on any atom is 0.222 e. The van der Waals surface area contributed by atoms with Crippen LogP contribution in [0, 0.1) is 72.8 Å². The van der Waals surface area contributed by atoms with Gasteiger partial charge in [0.25, 0.3) is 0 Å². The Hall–Kier alpha value is -10.6. The lowest BCUT2D eigenvalue weighted by Crippen LogP contribution is -2.01. The van der Waals surface area contributed by atoms with E-state index < -0.39 is 0 Å². The Labute approximate surface area is 480 Å². The molecule has 0 atom stereocenters. The Balaban J connectivity index is 0.000000134. The zero-order chi connectivity index (χ0) is 59.9. The van der Waals surface area contributed by atoms with Crippen LogP contribution in [0.4, 0.5) is 31.5 Å². The van der Waals surface area contributed by atoms with Gasteiger partial charge in [0, 0.05) is 27.1 Å². The molecule has 4 heterocycles. The number of aromatic hydroxyl groups is 4. The highest BCUT2D eigenvalue weighted by molar-refractivity contribution is 5.98. The summed E-state index contributed by atoms with van der Waals surface area (Å²) in [6.45, 7) is 13.1. The first-order valence-corrected chi connectivity index (χ1v) is 26.6. The number of hydrogen-bond acceptors (Lipinski definition) is 12. The van der Waals surface area contributed by atoms with Crippen LogP contribution in [0.25, 0.3) is 43.6 Å². The van der Waals surface area contributed by atoms with Crippen LogP contribution in [0.3, 0.4) is 0 Å². The average molecular weight is 1130 g/mol. The number of aromatic nitrogens is 4. The molecule has 84 heavy (non-hydrogen) atoms. The Morgan fingerprint density at radius 2 is 0.667 bits per heavy atom. The van der Waals surface area contributed by atoms with E-state index in [-0.39, 0.29) is 71.0 Å². The molecule has 0 bridgehead atoms. The van der Waals surface area contributed by atoms with Gasteiger partial charge in [0.1, 0.15) is 11.6 Å². The van der Waals surface area contributed by atoms with Crippen LogP contribution in [0.2, 0.25) is 0 Å². The summed E-state index contributed by atoms with van der Waals surface area (Å²) in [5.41, 5.74) is 12.8. The molecule has 0 amide bonds. The van der Waals surface area contributed by atoms with Crippen molar-refractivity contribution in [1.82, 2.24) is 18.3 Å². The van der Waals surface area contributed by atoms with E-state index in [0.29, 0.717) is 56.8 Å². The molecule has 12 rings (SSSR count). The van der Waals surface area contributed by atoms with Crippen LogP contribution in [-0.4, -0.2) is 38.7 Å². The van der Waals surface area contributed by atoms with Gasteiger partial charge in [0.05, 0.1) is 48.2 Å². The van der Waals surface area contributed by atoms with Crippen molar-refractivity contribution in [3.05, 3.63) is 257 Å². The third-order valence-electron chi connectivity index (χ3n) is 14.4. The Bertz CT molecular complexity index is 4320. The highest BCUT2D eigenvalue weighted by atomic mass is 19.1. The number of benzene rings is 8. The lowest BCUT2D eigenvalue weighted by Gasteiger charge is -2.08. The van der Waals surface area contributed by atoms with Crippen molar-refractivity contribution in [3.63, 3.8) is 0 Å². The topological polar surface area (TPSA) is 218 Å². The summed E-state index contributed by atoms with van der Waals surface area (Å²) < 4.78 is 33.5. The smallest absolute Gasteiger partial charge is 0.222 e. The highest BCUT2D eigenvalue weighted by Gasteiger charge is 2.22. The van der Waals surface area contributed by atoms with Gasteiger partial charge >= 0.3 is 0 Å². The maximum atomic E-state index is 13.8. The molecule has 8 aromatic carbocycles. The van der Waals surface area contributed by atoms with Gasteiger partial charge in [-0.05, 0) is 146 Å². The Kier molecular flexibility index (Phi) is 17.3. The molecule has 0 unspecified atom stereocenters. The molecular formula is C66H58F2N8O8. The molecule has 0 spiro atoms. The van der Waals surface area contributed by atoms with E-state index in [1.807, 2.05) is 139 Å². The van der Waals surface area contributed by atoms with Gasteiger partial charge in [-0.2, -0.15) is 0 Å². The van der Waals surface area contributed by atoms with Gasteiger partial charge in [-0.15, -0.1) is 19.6 Å². The summed E-state index contributed by atoms with van der Waals surface area (Å²) in [7, 11) is 0. The molecule has 0 fully saturated rings. The van der Waals surface area contributed by atoms with Crippen molar-refractivity contribution in [3.8, 4) is 23.5 Å². The molecular weight excluding hydrogens is 1070 g/mol. The first kappa shape index (κ1) is 58.0. The van der Waals surface area contributed by atoms with E-state index in [1.165, 1.54) is 28.3 Å². The quantitative estimate of drug-likeness (QED) is 0.0860. The summed E-state index contributed by atoms with van der Waals surface area (Å²) in [5, 5.41) is 55.4. The summed E-state index contributed by atoms with van der Waals surface area (Å²) in [6, 6.07) is 51.1. The Morgan fingerprint density at radius 3 is 1.04 bits per heavy atom. The zero-order valence-corrected chi connectivity index (χ0v) is 46.7. The second-order valence-electron chi connectivity index (χ2n) is 20.7. The van der Waals surface area contributed by atoms with Gasteiger partial charge < -0.3 is 38.7 Å². The molecule has 4 N–H and O–H groups in total. The second kappa shape index (κ2) is 25.0. The van der Waals surface area contributed by atoms with Crippen LogP contribution >= 0.6 is 0 Å². The van der Waals surface area contributed by atoms with Crippen molar-refractivity contribution in [1.29, 1.82) is 0 Å². The summed E-state index contributed by atoms with van der Waals surface area (Å²) in [6.07, 6.45) is 0. The van der Waals surface area contributed by atoms with Crippen LogP contribution in [-0.2, 0) is 26.2 Å². The van der Waals surface area contributed by atoms with Gasteiger partial charge in [-0.25, -0.2) is 8.78 Å². The fourth-order valence-corrected chi connectivity index (χ4v) is 10.2. The number of nitrogens with zero attached hydrogens (tertiary/aromatic N) is 8. The minimum atomic E-state index is -0.355. The number of rotatable bonds is 12. The third-order valence-corrected chi connectivity index (χ3v) is 14.4. The molecule has 18 heteroatoms. The summed E-state index contributed by atoms with van der Waals surface area (Å²) in [5.74, 6) is -1.29. The minimum absolute atomic E-state index is 0.00922. The number of fused-ring (bicyclic) bond motifs is 4. The van der Waals surface area contributed by atoms with E-state index in [4.69, 9.17) is 0 Å². The molecule has 0 saturated carbocycles. The lowest BCUT2D eigenvalue weighted by atomic mass is 10.1. The van der Waals surface area contributed by atoms with Crippen molar-refractivity contribution >= 4 is 66.4 Å². The predicted octanol–water partition coefficient (Wildman–Crippen LogP) is 17.3. The molecule has 0 saturated heterocycles. The fraction of sp³-hybridized carbons (Fsp3) is 0.152. The van der Waals surface area contributed by atoms with E-state index in [1.54, 1.807) is 62.2 Å². The second-order valence-corrected chi connectivity index (χ2v) is 20.7. The minimum Gasteiger partial charge on any atom is -0.493 e. The molecule has 0 aliphatic rings. The molecule has 4 aromatic heterocycles. The normalized spacial score (nSPS) is 11.0. The average Bonchev–Trinajstić information content (AvgIpc) is 2.77. The van der Waals surface area contributed by atoms with E-state index in [0.717, 1.165) is 50.0 Å². The van der Waals surface area contributed by atoms with Gasteiger partial charge in [0.15, 0.2) is 22.7 Å². The predicted molar refractivity (Wildman–Crippen MR) is 327 cm³/mol. The number of nitroso groups, excluding NO2 is 4. The van der Waals surface area contributed by atoms with Gasteiger partial charge in [0.2, 0.25) is 23.5 Å². The molecule has 12 aromatic rings. The van der Waals surface area contributed by atoms with Crippen molar-refractivity contribution in [2.75, 3.05) is 0 Å². The van der Waals surface area contributed by atoms with Crippen molar-refractivity contribution in [2.45, 2.75) is 67.7 Å². The molecule has 0 aliphatic carbocycles. The number of halogens is 2. The summed E-state index contributed by atoms with van der Waals surface area (Å²) >= 11 is 0. The van der Waals surface area contributed by atoms with Crippen LogP contribution in [0.15, 0.2) is 191 Å². The van der Waals surface area contributed by atoms with Crippen LogP contribution < -0.4 is 0 Å². The molecule has 424 valence electrons. The molecule has 0 aliphatic heterocycles. The first-order valence-electron chi connectivity index (χ1n) is 26.6. The Morgan fingerprint density at radius 1 is 0.333 bits per heavy atom. The first-order chi connectivity index (χ1) is 40.4. The van der Waals surface area contributed by atoms with E-state index >= 15 is 0 Å². The van der Waals surface area contributed by atoms with Crippen LogP contribution in [0.5, 0.6) is 23.5 Å². The molecule has 16 nitrogen and oxygen atoms in total. The summed E-state index contributed by atoms with van der Waals surface area (Å²) in [4.78, 5) is 44.1. The van der Waals surface area contributed by atoms with Gasteiger partial charge in [-0.3, -0.25) is 0 Å². The van der Waals surface area contributed by atoms with Crippen molar-refractivity contribution in [2.24, 2.45) is 20.7 Å². The standard InChI is InChI=1S/2C17H16N2O2.2C16H13FN2O2/c1-11-3-6-13(7-4-11)10-19-15-8-5-12(2)9-14(15)16(18-21)17(19)20;1-11-4-3-5-13(8-11)10-19-15-7-6-12(2)9-14(15)16(18-21)17(19)20;1-10-5-6-14-13(7-10)15(18-21)16(20)19(14)9-11-3-2-4-12(17)8-11;1-10-6-7-14-12(8-10)15(18-21)16(20)19(14)9-11-4-2-3-5-13(11)17/h2*3-9,20H,10H2,1-2H3;2*2-8,20H,9H2,1H3. The monoisotopic (exact) mass is 1130 g/mol. The lowest BCUT2D eigenvalue weighted by molar-refractivity contribution is 0.428. The van der Waals surface area contributed by atoms with E-state index in [9.17, 15) is 48.8 Å². The maximum absolute atomic E-state index is 13.8.